The number of nitrogens with one attached hydrogen (secondary N) is 1. The number of carbonyl (C=O) groups excluding carboxylic acids is 3. The van der Waals surface area contributed by atoms with Gasteiger partial charge in [0.1, 0.15) is 6.04 Å². The molecule has 5 N–H and O–H groups in total. The molecule has 21 heavy (non-hydrogen) atoms. The first-order chi connectivity index (χ1) is 9.84. The van der Waals surface area contributed by atoms with E-state index in [1.807, 2.05) is 0 Å². The smallest absolute Gasteiger partial charge is 0.281 e. The fourth-order valence-electron chi connectivity index (χ4n) is 2.80. The molecule has 0 aliphatic carbocycles. The molecule has 1 aromatic rings. The van der Waals surface area contributed by atoms with Gasteiger partial charge in [0, 0.05) is 12.1 Å². The summed E-state index contributed by atoms with van der Waals surface area (Å²) in [5, 5.41) is 22.7. The maximum Gasteiger partial charge on any atom is 0.281 e. The molecule has 0 aromatic heterocycles. The number of fused-ring (bicyclic) bond motifs is 1. The number of benzene rings is 1. The van der Waals surface area contributed by atoms with Crippen LogP contribution in [0.5, 0.6) is 0 Å². The van der Waals surface area contributed by atoms with Gasteiger partial charge in [-0.15, -0.1) is 0 Å². The van der Waals surface area contributed by atoms with Crippen LogP contribution in [0.15, 0.2) is 18.2 Å². The highest BCUT2D eigenvalue weighted by Gasteiger charge is 2.54. The maximum atomic E-state index is 12.4. The number of imide groups is 1. The molecule has 2 aliphatic rings. The SMILES string of the molecule is Nc1cccc2c1C(O)(O)N(C1CCC(=O)NC1=O)C2=O. The third kappa shape index (κ3) is 1.80. The van der Waals surface area contributed by atoms with E-state index in [0.717, 1.165) is 0 Å². The minimum absolute atomic E-state index is 0.0160. The van der Waals surface area contributed by atoms with E-state index in [1.165, 1.54) is 18.2 Å². The Morgan fingerprint density at radius 3 is 2.62 bits per heavy atom. The van der Waals surface area contributed by atoms with E-state index in [-0.39, 0.29) is 29.7 Å². The lowest BCUT2D eigenvalue weighted by Crippen LogP contribution is -2.58. The Morgan fingerprint density at radius 1 is 1.29 bits per heavy atom. The normalized spacial score (nSPS) is 24.0. The van der Waals surface area contributed by atoms with Crippen LogP contribution in [0.3, 0.4) is 0 Å². The summed E-state index contributed by atoms with van der Waals surface area (Å²) in [6.45, 7) is 0. The zero-order valence-corrected chi connectivity index (χ0v) is 10.9. The first kappa shape index (κ1) is 13.5. The van der Waals surface area contributed by atoms with Crippen molar-refractivity contribution in [3.05, 3.63) is 29.3 Å². The van der Waals surface area contributed by atoms with Gasteiger partial charge in [0.05, 0.1) is 11.1 Å². The van der Waals surface area contributed by atoms with Gasteiger partial charge in [-0.1, -0.05) is 6.07 Å². The standard InChI is InChI=1S/C13H13N3O5/c14-7-3-1-2-6-10(7)13(20,21)16(12(6)19)8-4-5-9(17)15-11(8)18/h1-3,8,20-21H,4-5,14H2,(H,15,17,18). The summed E-state index contributed by atoms with van der Waals surface area (Å²) < 4.78 is 0. The molecule has 1 fully saturated rings. The van der Waals surface area contributed by atoms with Crippen LogP contribution in [0.1, 0.15) is 28.8 Å². The van der Waals surface area contributed by atoms with Crippen LogP contribution in [0.2, 0.25) is 0 Å². The summed E-state index contributed by atoms with van der Waals surface area (Å²) >= 11 is 0. The van der Waals surface area contributed by atoms with Crippen LogP contribution >= 0.6 is 0 Å². The van der Waals surface area contributed by atoms with Gasteiger partial charge in [-0.05, 0) is 18.6 Å². The molecule has 1 atom stereocenters. The van der Waals surface area contributed by atoms with Gasteiger partial charge >= 0.3 is 0 Å². The molecule has 2 heterocycles. The Labute approximate surface area is 119 Å². The summed E-state index contributed by atoms with van der Waals surface area (Å²) in [6.07, 6.45) is 0.0370. The van der Waals surface area contributed by atoms with E-state index in [9.17, 15) is 24.6 Å². The fourth-order valence-corrected chi connectivity index (χ4v) is 2.80. The zero-order chi connectivity index (χ0) is 15.4. The molecule has 8 heteroatoms. The van der Waals surface area contributed by atoms with Crippen molar-refractivity contribution in [2.24, 2.45) is 0 Å². The lowest BCUT2D eigenvalue weighted by atomic mass is 10.0. The number of carbonyl (C=O) groups is 3. The van der Waals surface area contributed by atoms with Crippen LogP contribution < -0.4 is 11.1 Å². The van der Waals surface area contributed by atoms with Gasteiger partial charge < -0.3 is 15.9 Å². The molecule has 3 amide bonds. The van der Waals surface area contributed by atoms with Crippen molar-refractivity contribution < 1.29 is 24.6 Å². The third-order valence-corrected chi connectivity index (χ3v) is 3.74. The maximum absolute atomic E-state index is 12.4. The number of anilines is 1. The van der Waals surface area contributed by atoms with E-state index >= 15 is 0 Å². The van der Waals surface area contributed by atoms with Gasteiger partial charge in [-0.3, -0.25) is 24.6 Å². The Morgan fingerprint density at radius 2 is 2.00 bits per heavy atom. The summed E-state index contributed by atoms with van der Waals surface area (Å²) in [5.74, 6) is -4.59. The van der Waals surface area contributed by atoms with Gasteiger partial charge in [0.2, 0.25) is 11.8 Å². The van der Waals surface area contributed by atoms with Crippen LogP contribution in [-0.2, 0) is 15.5 Å². The number of nitrogen functional groups attached to an aromatic ring is 1. The molecular formula is C13H13N3O5. The van der Waals surface area contributed by atoms with Gasteiger partial charge in [-0.25, -0.2) is 0 Å². The fraction of sp³-hybridized carbons (Fsp3) is 0.308. The molecule has 1 aromatic carbocycles. The minimum Gasteiger partial charge on any atom is -0.398 e. The molecule has 2 aliphatic heterocycles. The third-order valence-electron chi connectivity index (χ3n) is 3.74. The van der Waals surface area contributed by atoms with Gasteiger partial charge in [-0.2, -0.15) is 0 Å². The predicted molar refractivity (Wildman–Crippen MR) is 69.3 cm³/mol. The van der Waals surface area contributed by atoms with Crippen LogP contribution in [0, 0.1) is 0 Å². The molecule has 1 unspecified atom stereocenters. The molecule has 1 saturated heterocycles. The highest BCUT2D eigenvalue weighted by atomic mass is 16.5. The highest BCUT2D eigenvalue weighted by molar-refractivity contribution is 6.06. The first-order valence-electron chi connectivity index (χ1n) is 6.35. The molecule has 3 rings (SSSR count). The van der Waals surface area contributed by atoms with Crippen LogP contribution in [0.4, 0.5) is 5.69 Å². The predicted octanol–water partition coefficient (Wildman–Crippen LogP) is -1.38. The summed E-state index contributed by atoms with van der Waals surface area (Å²) in [6, 6.07) is 3.20. The number of nitrogens with zero attached hydrogens (tertiary/aromatic N) is 1. The van der Waals surface area contributed by atoms with Crippen molar-refractivity contribution in [1.29, 1.82) is 0 Å². The van der Waals surface area contributed by atoms with Crippen molar-refractivity contribution in [2.45, 2.75) is 24.8 Å². The lowest BCUT2D eigenvalue weighted by Gasteiger charge is -2.36. The highest BCUT2D eigenvalue weighted by Crippen LogP contribution is 2.41. The van der Waals surface area contributed by atoms with Gasteiger partial charge in [0.25, 0.3) is 11.8 Å². The van der Waals surface area contributed by atoms with E-state index in [1.54, 1.807) is 0 Å². The largest absolute Gasteiger partial charge is 0.398 e. The second-order valence-corrected chi connectivity index (χ2v) is 5.05. The second-order valence-electron chi connectivity index (χ2n) is 5.05. The van der Waals surface area contributed by atoms with Crippen molar-refractivity contribution in [3.8, 4) is 0 Å². The average Bonchev–Trinajstić information content (AvgIpc) is 2.60. The number of aliphatic hydroxyl groups is 2. The monoisotopic (exact) mass is 291 g/mol. The summed E-state index contributed by atoms with van der Waals surface area (Å²) in [4.78, 5) is 36.1. The Kier molecular flexibility index (Phi) is 2.75. The Bertz CT molecular complexity index is 670. The molecule has 0 saturated carbocycles. The Hall–Kier alpha value is -2.45. The second kappa shape index (κ2) is 4.27. The van der Waals surface area contributed by atoms with Crippen molar-refractivity contribution >= 4 is 23.4 Å². The van der Waals surface area contributed by atoms with E-state index in [0.29, 0.717) is 4.90 Å². The number of rotatable bonds is 1. The molecular weight excluding hydrogens is 278 g/mol. The molecule has 110 valence electrons. The molecule has 0 radical (unpaired) electrons. The first-order valence-corrected chi connectivity index (χ1v) is 6.35. The number of piperidine rings is 1. The number of hydrogen-bond acceptors (Lipinski definition) is 6. The quantitative estimate of drug-likeness (QED) is 0.286. The lowest BCUT2D eigenvalue weighted by molar-refractivity contribution is -0.258. The number of hydrogen-bond donors (Lipinski definition) is 4. The molecule has 8 nitrogen and oxygen atoms in total. The van der Waals surface area contributed by atoms with E-state index in [4.69, 9.17) is 5.73 Å². The number of amides is 3. The van der Waals surface area contributed by atoms with E-state index in [2.05, 4.69) is 5.32 Å². The summed E-state index contributed by atoms with van der Waals surface area (Å²) in [5.41, 5.74) is 5.64. The van der Waals surface area contributed by atoms with Crippen LogP contribution in [0.25, 0.3) is 0 Å². The van der Waals surface area contributed by atoms with Crippen molar-refractivity contribution in [3.63, 3.8) is 0 Å². The summed E-state index contributed by atoms with van der Waals surface area (Å²) in [7, 11) is 0. The Balaban J connectivity index is 2.06. The molecule has 0 spiro atoms. The van der Waals surface area contributed by atoms with Crippen LogP contribution in [-0.4, -0.2) is 38.9 Å². The topological polar surface area (TPSA) is 133 Å². The zero-order valence-electron chi connectivity index (χ0n) is 10.9. The molecule has 0 bridgehead atoms. The van der Waals surface area contributed by atoms with E-state index < -0.39 is 29.7 Å². The number of nitrogens with two attached hydrogens (primary N) is 1. The average molecular weight is 291 g/mol. The van der Waals surface area contributed by atoms with Crippen molar-refractivity contribution in [1.82, 2.24) is 10.2 Å². The van der Waals surface area contributed by atoms with Gasteiger partial charge in [0.15, 0.2) is 0 Å². The minimum atomic E-state index is -2.68. The van der Waals surface area contributed by atoms with Crippen molar-refractivity contribution in [2.75, 3.05) is 5.73 Å².